The minimum atomic E-state index is -3.49. The molecule has 0 radical (unpaired) electrons. The van der Waals surface area contributed by atoms with Crippen molar-refractivity contribution in [1.82, 2.24) is 44.9 Å². The van der Waals surface area contributed by atoms with Crippen LogP contribution in [0.15, 0.2) is 107 Å². The van der Waals surface area contributed by atoms with Gasteiger partial charge < -0.3 is 77.4 Å². The van der Waals surface area contributed by atoms with Crippen LogP contribution in [0.3, 0.4) is 0 Å². The molecule has 4 amide bonds. The van der Waals surface area contributed by atoms with Crippen molar-refractivity contribution in [2.45, 2.75) is 220 Å². The summed E-state index contributed by atoms with van der Waals surface area (Å²) in [6.07, 6.45) is 16.5. The number of carbonyl (C=O) groups excluding carboxylic acids is 4. The van der Waals surface area contributed by atoms with E-state index in [1.807, 2.05) is 41.7 Å². The van der Waals surface area contributed by atoms with Crippen LogP contribution in [0.2, 0.25) is 10.3 Å². The Kier molecular flexibility index (Phi) is 52.5. The molecule has 4 aromatic carbocycles. The maximum atomic E-state index is 14.7. The van der Waals surface area contributed by atoms with Crippen molar-refractivity contribution >= 4 is 120 Å². The molecule has 808 valence electrons. The van der Waals surface area contributed by atoms with Crippen LogP contribution < -0.4 is 59.3 Å². The summed E-state index contributed by atoms with van der Waals surface area (Å²) in [6.45, 7) is 23.1. The summed E-state index contributed by atoms with van der Waals surface area (Å²) in [5.74, 6) is -7.20. The first-order valence-electron chi connectivity index (χ1n) is 46.8. The number of pyridine rings is 4. The zero-order chi connectivity index (χ0) is 105. The third-order valence-corrected chi connectivity index (χ3v) is 27.5. The molecule has 4 aromatic heterocycles. The van der Waals surface area contributed by atoms with Gasteiger partial charge in [-0.3, -0.25) is 8.91 Å². The Morgan fingerprint density at radius 2 is 0.735 bits per heavy atom. The Balaban J connectivity index is 0.000000319. The van der Waals surface area contributed by atoms with Gasteiger partial charge in [0.1, 0.15) is 36.4 Å². The summed E-state index contributed by atoms with van der Waals surface area (Å²) in [6, 6.07) is 22.4. The first-order chi connectivity index (χ1) is 67.5. The summed E-state index contributed by atoms with van der Waals surface area (Å²) >= 11 is 14.7. The number of sulfone groups is 1. The van der Waals surface area contributed by atoms with Gasteiger partial charge in [0.05, 0.1) is 26.4 Å². The Bertz CT molecular complexity index is 5560. The predicted molar refractivity (Wildman–Crippen MR) is 549 cm³/mol. The molecule has 4 aliphatic carbocycles. The number of aromatic nitrogens is 4. The van der Waals surface area contributed by atoms with Crippen molar-refractivity contribution in [3.63, 3.8) is 0 Å². The average Bonchev–Trinajstić information content (AvgIpc) is 1.79. The van der Waals surface area contributed by atoms with Crippen molar-refractivity contribution in [2.75, 3.05) is 105 Å². The molecular formula is C101H130BBrCl2F11IN9NaO18S2. The number of nitrogens with zero attached hydrogens (tertiary/aromatic N) is 8. The Morgan fingerprint density at radius 1 is 0.483 bits per heavy atom. The fourth-order valence-electron chi connectivity index (χ4n) is 15.3. The second-order valence-electron chi connectivity index (χ2n) is 37.4. The van der Waals surface area contributed by atoms with Crippen LogP contribution >= 0.6 is 61.7 Å². The number of aryl methyl sites for hydroxylation is 4. The fourth-order valence-corrected chi connectivity index (χ4v) is 17.2. The van der Waals surface area contributed by atoms with Crippen molar-refractivity contribution < 1.29 is 163 Å². The number of hydrogen-bond donors (Lipinski definition) is 3. The number of nitrogens with one attached hydrogen (secondary N) is 1. The molecule has 4 aliphatic heterocycles. The minimum absolute atomic E-state index is 0. The summed E-state index contributed by atoms with van der Waals surface area (Å²) < 4.78 is 218. The van der Waals surface area contributed by atoms with Crippen LogP contribution in [-0.2, 0) is 39.9 Å². The van der Waals surface area contributed by atoms with Gasteiger partial charge in [-0.15, -0.1) is 0 Å². The molecule has 147 heavy (non-hydrogen) atoms. The number of piperidine rings is 4. The third-order valence-electron chi connectivity index (χ3n) is 25.1. The smallest absolute Gasteiger partial charge is 0.773 e. The maximum absolute atomic E-state index is 14.7. The number of likely N-dealkylation sites (tertiary alicyclic amines) is 4. The predicted octanol–water partition coefficient (Wildman–Crippen LogP) is 20.0. The zero-order valence-electron chi connectivity index (χ0n) is 83.1. The SMILES string of the molecule is C.C.CC1(OC(=O)N2CCC(COc3c(F)cc(Br)cc3F)CC2)CC1.CCCCNC.CS(=O)[O-].Cc1nc(Cl)ccc1-c1cc(F)c(OCC2CCN(C(=O)OC3(C)CC3)CC2)c(F)c1.Cc1nc(Cl)ccc1B(O)O.Cc1nc(I)ccc1-c1cc(F)c(OCC2CCN(C(=O)OC3(C)CC3)CC2)c(F)c1.Cc1nc(S(C)(=O)=O)ccc1-c1cc(F)c(OCC2CCN(C(=O)OC3(C)CC3)CC2)c(F)c1.F.FF.[Na+]. The van der Waals surface area contributed by atoms with E-state index >= 15 is 0 Å². The van der Waals surface area contributed by atoms with Gasteiger partial charge in [0.25, 0.3) is 0 Å². The van der Waals surface area contributed by atoms with Crippen LogP contribution in [0, 0.1) is 102 Å². The molecule has 16 rings (SSSR count). The van der Waals surface area contributed by atoms with Gasteiger partial charge in [-0.25, -0.2) is 82.7 Å². The topological polar surface area (TPSA) is 333 Å². The van der Waals surface area contributed by atoms with E-state index in [0.717, 1.165) is 99.1 Å². The van der Waals surface area contributed by atoms with E-state index in [2.05, 4.69) is 70.7 Å². The first kappa shape index (κ1) is 129. The molecular weight excluding hydrogens is 2210 g/mol. The Morgan fingerprint density at radius 3 is 0.966 bits per heavy atom. The number of carbonyl (C=O) groups is 4. The van der Waals surface area contributed by atoms with E-state index in [4.69, 9.17) is 89.1 Å². The molecule has 3 N–H and O–H groups in total. The molecule has 8 heterocycles. The van der Waals surface area contributed by atoms with Gasteiger partial charge in [0, 0.05) is 117 Å². The first-order valence-corrected chi connectivity index (χ1v) is 52.8. The minimum Gasteiger partial charge on any atom is -0.773 e. The number of benzene rings is 4. The van der Waals surface area contributed by atoms with E-state index in [-0.39, 0.29) is 174 Å². The van der Waals surface area contributed by atoms with Crippen LogP contribution in [-0.4, -0.2) is 226 Å². The van der Waals surface area contributed by atoms with E-state index in [1.165, 1.54) is 73.5 Å². The van der Waals surface area contributed by atoms with E-state index in [0.29, 0.717) is 162 Å². The molecule has 1 unspecified atom stereocenters. The molecule has 27 nitrogen and oxygen atoms in total. The van der Waals surface area contributed by atoms with Gasteiger partial charge >= 0.3 is 61.0 Å². The fraction of sp³-hybridized carbons (Fsp3) is 0.525. The van der Waals surface area contributed by atoms with Gasteiger partial charge in [0.2, 0.25) is 0 Å². The summed E-state index contributed by atoms with van der Waals surface area (Å²) in [5, 5.41) is 21.2. The van der Waals surface area contributed by atoms with Crippen LogP contribution in [0.25, 0.3) is 33.4 Å². The normalized spacial score (nSPS) is 16.6. The maximum Gasteiger partial charge on any atom is 1.00 e. The Labute approximate surface area is 910 Å². The van der Waals surface area contributed by atoms with Crippen molar-refractivity contribution in [3.05, 3.63) is 185 Å². The second-order valence-corrected chi connectivity index (χ2v) is 42.9. The number of ether oxygens (including phenoxy) is 8. The third kappa shape index (κ3) is 41.0. The van der Waals surface area contributed by atoms with Gasteiger partial charge in [-0.1, -0.05) is 84.5 Å². The number of rotatable bonds is 24. The van der Waals surface area contributed by atoms with E-state index in [9.17, 15) is 62.7 Å². The standard InChI is InChI=1S/C24H28F2N2O5S.C23H25ClF2N2O3.C23H25F2IN2O3.C17H20BrF2NO3.C6H7BClNO2.C5H13N.CH4O2S.2CH4.F2.FH.Na/c1-15-18(4-5-21(27-15)34(3,30)31)17-12-19(25)22(20(26)13-17)32-14-16-6-10-28(11-7-16)23(29)33-24(2)8-9-24;1-14-17(3-4-20(24)27-14)16-11-18(25)21(19(26)12-16)30-13-15-5-9-28(10-6-15)22(29)31-23(2)7-8-23;1-14-17(3-4-20(26)27-14)16-11-18(24)21(19(25)12-16)30-13-15-5-9-28(10-6-15)22(29)31-23(2)7-8-23;1-17(4-5-17)24-16(22)21-6-2-11(3-7-21)10-23-15-13(19)8-12(18)9-14(15)20;1-4-5(7(10)11)2-3-6(8)9-4;1-3-4-5-6-2;1-4(2)3;;;1-2;;/h4-5,12-13,16H,6-11,14H2,1-3H3;2*3-4,11-12,15H,5-10,13H2,1-2H3;8-9,11H,2-7,10H2,1H3;2-3,10-11H,1H3;6H,3-5H2,1-2H3;1H3,(H,2,3);2*1H4;;1H;/q;;;;;;;;;;;+1/p-1. The largest absolute Gasteiger partial charge is 1.00 e. The van der Waals surface area contributed by atoms with E-state index < -0.39 is 80.3 Å². The molecule has 46 heteroatoms. The average molecular weight is 2340 g/mol. The quantitative estimate of drug-likeness (QED) is 0.00962. The molecule has 4 saturated carbocycles. The summed E-state index contributed by atoms with van der Waals surface area (Å²) in [7, 11) is -2.98. The van der Waals surface area contributed by atoms with Gasteiger partial charge in [-0.05, 0) is 338 Å². The van der Waals surface area contributed by atoms with Crippen molar-refractivity contribution in [2.24, 2.45) is 23.7 Å². The molecule has 0 bridgehead atoms. The monoisotopic (exact) mass is 2340 g/mol. The number of halogens is 15. The molecule has 1 atom stereocenters. The van der Waals surface area contributed by atoms with Crippen molar-refractivity contribution in [3.8, 4) is 56.4 Å². The Hall–Kier alpha value is -8.22. The van der Waals surface area contributed by atoms with Crippen LogP contribution in [0.1, 0.15) is 188 Å². The number of unbranched alkanes of at least 4 members (excludes halogenated alkanes) is 1. The van der Waals surface area contributed by atoms with Gasteiger partial charge in [-0.2, -0.15) is 0 Å². The van der Waals surface area contributed by atoms with Gasteiger partial charge in [0.15, 0.2) is 84.4 Å². The molecule has 8 aromatic rings. The summed E-state index contributed by atoms with van der Waals surface area (Å²) in [4.78, 5) is 71.7. The summed E-state index contributed by atoms with van der Waals surface area (Å²) in [5.41, 5.74) is 4.15. The zero-order valence-corrected chi connectivity index (χ0v) is 92.0. The molecule has 8 aliphatic rings. The molecule has 8 fully saturated rings. The number of hydrogen-bond acceptors (Lipinski definition) is 23. The molecule has 0 spiro atoms. The molecule has 4 saturated heterocycles. The van der Waals surface area contributed by atoms with E-state index in [1.54, 1.807) is 64.6 Å². The second kappa shape index (κ2) is 59.7. The number of amides is 4. The van der Waals surface area contributed by atoms with Crippen molar-refractivity contribution in [1.29, 1.82) is 0 Å². The van der Waals surface area contributed by atoms with Crippen LogP contribution in [0.4, 0.5) is 68.2 Å². The van der Waals surface area contributed by atoms with Crippen LogP contribution in [0.5, 0.6) is 23.0 Å².